The lowest BCUT2D eigenvalue weighted by Crippen LogP contribution is -2.16. The standard InChI is InChI=1S/C18H20N2O5S/c1-11(2)16-7-5-6-12(3)17(16)19-18(21)13-8-14(20(22)23)10-15(9-13)26(4,24)25/h5-11H,1-4H3,(H,19,21). The number of nitrogens with one attached hydrogen (secondary N) is 1. The SMILES string of the molecule is Cc1cccc(C(C)C)c1NC(=O)c1cc([N+](=O)[O-])cc(S(C)(=O)=O)c1. The van der Waals surface area contributed by atoms with Crippen LogP contribution in [0.4, 0.5) is 11.4 Å². The van der Waals surface area contributed by atoms with E-state index in [9.17, 15) is 23.3 Å². The number of non-ortho nitro benzene ring substituents is 1. The second kappa shape index (κ2) is 7.25. The second-order valence-electron chi connectivity index (χ2n) is 6.39. The minimum absolute atomic E-state index is 0.0856. The Labute approximate surface area is 152 Å². The predicted octanol–water partition coefficient (Wildman–Crippen LogP) is 3.68. The van der Waals surface area contributed by atoms with Crippen molar-refractivity contribution in [3.63, 3.8) is 0 Å². The van der Waals surface area contributed by atoms with E-state index in [1.54, 1.807) is 0 Å². The molecule has 2 aromatic rings. The van der Waals surface area contributed by atoms with E-state index in [2.05, 4.69) is 5.32 Å². The van der Waals surface area contributed by atoms with Gasteiger partial charge in [0.15, 0.2) is 9.84 Å². The van der Waals surface area contributed by atoms with Gasteiger partial charge in [-0.05, 0) is 30.0 Å². The summed E-state index contributed by atoms with van der Waals surface area (Å²) in [6.07, 6.45) is 0.936. The number of aryl methyl sites for hydroxylation is 1. The summed E-state index contributed by atoms with van der Waals surface area (Å²) >= 11 is 0. The molecule has 0 spiro atoms. The van der Waals surface area contributed by atoms with Gasteiger partial charge in [0.1, 0.15) is 0 Å². The highest BCUT2D eigenvalue weighted by atomic mass is 32.2. The van der Waals surface area contributed by atoms with Gasteiger partial charge in [0, 0.05) is 29.6 Å². The molecule has 0 saturated carbocycles. The molecule has 0 atom stereocenters. The molecule has 0 bridgehead atoms. The topological polar surface area (TPSA) is 106 Å². The number of carbonyl (C=O) groups is 1. The molecule has 0 unspecified atom stereocenters. The zero-order valence-corrected chi connectivity index (χ0v) is 15.8. The van der Waals surface area contributed by atoms with Gasteiger partial charge in [-0.1, -0.05) is 32.0 Å². The highest BCUT2D eigenvalue weighted by Crippen LogP contribution is 2.28. The van der Waals surface area contributed by atoms with Crippen LogP contribution < -0.4 is 5.32 Å². The maximum absolute atomic E-state index is 12.7. The zero-order valence-electron chi connectivity index (χ0n) is 14.9. The lowest BCUT2D eigenvalue weighted by atomic mass is 9.98. The van der Waals surface area contributed by atoms with Crippen molar-refractivity contribution in [3.8, 4) is 0 Å². The fourth-order valence-electron chi connectivity index (χ4n) is 2.56. The molecule has 0 heterocycles. The lowest BCUT2D eigenvalue weighted by Gasteiger charge is -2.16. The predicted molar refractivity (Wildman–Crippen MR) is 99.4 cm³/mol. The van der Waals surface area contributed by atoms with Crippen molar-refractivity contribution < 1.29 is 18.1 Å². The number of nitro groups is 1. The van der Waals surface area contributed by atoms with Crippen LogP contribution in [0.3, 0.4) is 0 Å². The Morgan fingerprint density at radius 3 is 2.38 bits per heavy atom. The van der Waals surface area contributed by atoms with Crippen LogP contribution in [0.2, 0.25) is 0 Å². The minimum atomic E-state index is -3.70. The summed E-state index contributed by atoms with van der Waals surface area (Å²) in [6.45, 7) is 5.82. The van der Waals surface area contributed by atoms with Gasteiger partial charge in [0.2, 0.25) is 0 Å². The Balaban J connectivity index is 2.52. The first-order chi connectivity index (χ1) is 12.0. The molecule has 1 N–H and O–H groups in total. The highest BCUT2D eigenvalue weighted by molar-refractivity contribution is 7.90. The molecule has 2 aromatic carbocycles. The van der Waals surface area contributed by atoms with Gasteiger partial charge in [-0.25, -0.2) is 8.42 Å². The van der Waals surface area contributed by atoms with Crippen molar-refractivity contribution in [2.75, 3.05) is 11.6 Å². The van der Waals surface area contributed by atoms with Crippen LogP contribution >= 0.6 is 0 Å². The number of para-hydroxylation sites is 1. The number of nitrogens with zero attached hydrogens (tertiary/aromatic N) is 1. The van der Waals surface area contributed by atoms with E-state index < -0.39 is 26.4 Å². The van der Waals surface area contributed by atoms with E-state index in [1.165, 1.54) is 0 Å². The fourth-order valence-corrected chi connectivity index (χ4v) is 3.24. The molecule has 7 nitrogen and oxygen atoms in total. The summed E-state index contributed by atoms with van der Waals surface area (Å²) in [5.74, 6) is -0.448. The highest BCUT2D eigenvalue weighted by Gasteiger charge is 2.20. The van der Waals surface area contributed by atoms with Crippen molar-refractivity contribution in [2.45, 2.75) is 31.6 Å². The number of hydrogen-bond donors (Lipinski definition) is 1. The molecule has 0 fully saturated rings. The molecule has 1 amide bonds. The number of nitro benzene ring substituents is 1. The third-order valence-electron chi connectivity index (χ3n) is 3.96. The number of sulfone groups is 1. The van der Waals surface area contributed by atoms with Crippen molar-refractivity contribution >= 4 is 27.1 Å². The van der Waals surface area contributed by atoms with E-state index in [4.69, 9.17) is 0 Å². The van der Waals surface area contributed by atoms with Crippen molar-refractivity contribution in [2.24, 2.45) is 0 Å². The van der Waals surface area contributed by atoms with Gasteiger partial charge in [-0.15, -0.1) is 0 Å². The van der Waals surface area contributed by atoms with Gasteiger partial charge in [0.05, 0.1) is 9.82 Å². The van der Waals surface area contributed by atoms with Crippen molar-refractivity contribution in [1.82, 2.24) is 0 Å². The molecule has 2 rings (SSSR count). The summed E-state index contributed by atoms with van der Waals surface area (Å²) in [5.41, 5.74) is 1.86. The van der Waals surface area contributed by atoms with E-state index in [0.29, 0.717) is 5.69 Å². The number of benzene rings is 2. The molecule has 0 radical (unpaired) electrons. The summed E-state index contributed by atoms with van der Waals surface area (Å²) < 4.78 is 23.6. The van der Waals surface area contributed by atoms with Gasteiger partial charge < -0.3 is 5.32 Å². The van der Waals surface area contributed by atoms with E-state index in [0.717, 1.165) is 35.6 Å². The van der Waals surface area contributed by atoms with Crippen LogP contribution in [0.25, 0.3) is 0 Å². The fraction of sp³-hybridized carbons (Fsp3) is 0.278. The third-order valence-corrected chi connectivity index (χ3v) is 5.05. The molecular formula is C18H20N2O5S. The van der Waals surface area contributed by atoms with Gasteiger partial charge >= 0.3 is 0 Å². The van der Waals surface area contributed by atoms with Gasteiger partial charge in [-0.3, -0.25) is 14.9 Å². The zero-order chi connectivity index (χ0) is 19.6. The third kappa shape index (κ3) is 4.26. The molecule has 138 valence electrons. The smallest absolute Gasteiger partial charge is 0.271 e. The molecule has 0 aliphatic carbocycles. The number of amides is 1. The maximum Gasteiger partial charge on any atom is 0.271 e. The van der Waals surface area contributed by atoms with Crippen LogP contribution in [0.15, 0.2) is 41.3 Å². The van der Waals surface area contributed by atoms with Crippen LogP contribution in [-0.4, -0.2) is 25.5 Å². The normalized spacial score (nSPS) is 11.4. The summed E-state index contributed by atoms with van der Waals surface area (Å²) in [6, 6.07) is 8.77. The largest absolute Gasteiger partial charge is 0.321 e. The Hall–Kier alpha value is -2.74. The molecule has 26 heavy (non-hydrogen) atoms. The Kier molecular flexibility index (Phi) is 5.46. The van der Waals surface area contributed by atoms with Crippen LogP contribution in [-0.2, 0) is 9.84 Å². The lowest BCUT2D eigenvalue weighted by molar-refractivity contribution is -0.385. The van der Waals surface area contributed by atoms with Crippen LogP contribution in [0, 0.1) is 17.0 Å². The summed E-state index contributed by atoms with van der Waals surface area (Å²) in [4.78, 5) is 22.8. The number of carbonyl (C=O) groups excluding carboxylic acids is 1. The second-order valence-corrected chi connectivity index (χ2v) is 8.41. The molecule has 8 heteroatoms. The van der Waals surface area contributed by atoms with Crippen molar-refractivity contribution in [1.29, 1.82) is 0 Å². The molecule has 0 aliphatic rings. The first-order valence-electron chi connectivity index (χ1n) is 7.91. The monoisotopic (exact) mass is 376 g/mol. The van der Waals surface area contributed by atoms with E-state index in [-0.39, 0.29) is 16.4 Å². The maximum atomic E-state index is 12.7. The molecule has 0 saturated heterocycles. The Bertz CT molecular complexity index is 981. The molecule has 0 aliphatic heterocycles. The molecular weight excluding hydrogens is 356 g/mol. The number of hydrogen-bond acceptors (Lipinski definition) is 5. The number of anilines is 1. The van der Waals surface area contributed by atoms with E-state index in [1.807, 2.05) is 39.0 Å². The van der Waals surface area contributed by atoms with E-state index >= 15 is 0 Å². The number of rotatable bonds is 5. The van der Waals surface area contributed by atoms with Crippen LogP contribution in [0.5, 0.6) is 0 Å². The first-order valence-corrected chi connectivity index (χ1v) is 9.80. The Morgan fingerprint density at radius 2 is 1.85 bits per heavy atom. The van der Waals surface area contributed by atoms with Gasteiger partial charge in [-0.2, -0.15) is 0 Å². The van der Waals surface area contributed by atoms with Gasteiger partial charge in [0.25, 0.3) is 11.6 Å². The minimum Gasteiger partial charge on any atom is -0.321 e. The summed E-state index contributed by atoms with van der Waals surface area (Å²) in [7, 11) is -3.70. The van der Waals surface area contributed by atoms with Crippen molar-refractivity contribution in [3.05, 3.63) is 63.2 Å². The molecule has 0 aromatic heterocycles. The average Bonchev–Trinajstić information content (AvgIpc) is 2.55. The van der Waals surface area contributed by atoms with Crippen LogP contribution in [0.1, 0.15) is 41.3 Å². The Morgan fingerprint density at radius 1 is 1.19 bits per heavy atom. The quantitative estimate of drug-likeness (QED) is 0.633. The first kappa shape index (κ1) is 19.6. The summed E-state index contributed by atoms with van der Waals surface area (Å²) in [5, 5.41) is 13.9. The average molecular weight is 376 g/mol.